The highest BCUT2D eigenvalue weighted by Gasteiger charge is 2.23. The lowest BCUT2D eigenvalue weighted by molar-refractivity contribution is 0.280. The average molecular weight is 535 g/mol. The Bertz CT molecular complexity index is 297. The van der Waals surface area contributed by atoms with E-state index in [9.17, 15) is 4.39 Å². The molecule has 0 saturated heterocycles. The predicted octanol–water partition coefficient (Wildman–Crippen LogP) is 14.2. The summed E-state index contributed by atoms with van der Waals surface area (Å²) in [4.78, 5) is 0. The molecule has 0 aromatic carbocycles. The lowest BCUT2D eigenvalue weighted by atomic mass is 10.0. The predicted molar refractivity (Wildman–Crippen MR) is 179 cm³/mol. The lowest BCUT2D eigenvalue weighted by Crippen LogP contribution is -2.01. The van der Waals surface area contributed by atoms with E-state index in [1.54, 1.807) is 6.92 Å². The minimum atomic E-state index is -0.648. The highest BCUT2D eigenvalue weighted by atomic mass is 19.1. The van der Waals surface area contributed by atoms with Gasteiger partial charge in [-0.3, -0.25) is 0 Å². The summed E-state index contributed by atoms with van der Waals surface area (Å²) >= 11 is 0. The zero-order valence-electron chi connectivity index (χ0n) is 30.7. The van der Waals surface area contributed by atoms with E-state index in [2.05, 4.69) is 125 Å². The summed E-state index contributed by atoms with van der Waals surface area (Å²) in [5.74, 6) is 7.40. The van der Waals surface area contributed by atoms with Crippen molar-refractivity contribution in [1.82, 2.24) is 0 Å². The lowest BCUT2D eigenvalue weighted by Gasteiger charge is -2.05. The molecule has 37 heavy (non-hydrogen) atoms. The molecule has 1 fully saturated rings. The Kier molecular flexibility index (Phi) is 48.4. The van der Waals surface area contributed by atoms with E-state index in [0.717, 1.165) is 47.3 Å². The third kappa shape index (κ3) is 104. The van der Waals surface area contributed by atoms with Crippen molar-refractivity contribution in [2.75, 3.05) is 0 Å². The minimum Gasteiger partial charge on any atom is -0.248 e. The standard InChI is InChI=1S/C6H12.2C6H14.C5H11F.C5H12.2C4H10/c1-5(2)6-3-4-6;1-5(2)6(3)4;1-4-5-6(2)3;1-4(2)5(3)6;1-4-5(2)3;2*1-4(2)3/h5-6H,3-4H2,1-2H3;5-6H,1-4H3;6H,4-5H2,1-3H3;4-5H,1-3H3;5H,4H2,1-3H3;2*4H,1-3H3. The Morgan fingerprint density at radius 3 is 0.757 bits per heavy atom. The molecule has 0 aromatic heterocycles. The largest absolute Gasteiger partial charge is 0.248 e. The molecule has 1 saturated carbocycles. The van der Waals surface area contributed by atoms with Gasteiger partial charge in [0, 0.05) is 0 Å². The van der Waals surface area contributed by atoms with Gasteiger partial charge in [-0.25, -0.2) is 4.39 Å². The van der Waals surface area contributed by atoms with Crippen LogP contribution in [0.15, 0.2) is 0 Å². The number of halogens is 1. The van der Waals surface area contributed by atoms with Gasteiger partial charge in [0.25, 0.3) is 0 Å². The van der Waals surface area contributed by atoms with Gasteiger partial charge in [0.15, 0.2) is 0 Å². The minimum absolute atomic E-state index is 0.185. The van der Waals surface area contributed by atoms with Crippen molar-refractivity contribution >= 4 is 0 Å². The Hall–Kier alpha value is -0.0700. The zero-order valence-corrected chi connectivity index (χ0v) is 30.7. The maximum Gasteiger partial charge on any atom is 0.0996 e. The quantitative estimate of drug-likeness (QED) is 0.318. The van der Waals surface area contributed by atoms with Gasteiger partial charge < -0.3 is 0 Å². The molecule has 1 atom stereocenters. The van der Waals surface area contributed by atoms with E-state index in [1.807, 2.05) is 13.8 Å². The number of alkyl halides is 1. The second-order valence-electron chi connectivity index (χ2n) is 14.4. The summed E-state index contributed by atoms with van der Waals surface area (Å²) in [5.41, 5.74) is 0. The molecule has 0 heterocycles. The van der Waals surface area contributed by atoms with Gasteiger partial charge in [0.05, 0.1) is 6.17 Å². The van der Waals surface area contributed by atoms with Gasteiger partial charge in [-0.2, -0.15) is 0 Å². The molecular formula is C36H83F. The van der Waals surface area contributed by atoms with Crippen LogP contribution >= 0.6 is 0 Å². The molecule has 0 radical (unpaired) electrons. The Morgan fingerprint density at radius 1 is 0.514 bits per heavy atom. The monoisotopic (exact) mass is 535 g/mol. The second kappa shape index (κ2) is 35.9. The molecule has 1 heteroatoms. The smallest absolute Gasteiger partial charge is 0.0996 e. The van der Waals surface area contributed by atoms with Crippen LogP contribution in [-0.4, -0.2) is 6.17 Å². The summed E-state index contributed by atoms with van der Waals surface area (Å²) in [6.45, 7) is 45.2. The topological polar surface area (TPSA) is 0 Å². The van der Waals surface area contributed by atoms with Crippen molar-refractivity contribution < 1.29 is 4.39 Å². The average Bonchev–Trinajstić information content (AvgIpc) is 3.54. The van der Waals surface area contributed by atoms with Crippen LogP contribution in [-0.2, 0) is 0 Å². The van der Waals surface area contributed by atoms with E-state index in [1.165, 1.54) is 32.1 Å². The molecule has 0 bridgehead atoms. The maximum atomic E-state index is 11.8. The maximum absolute atomic E-state index is 11.8. The summed E-state index contributed by atoms with van der Waals surface area (Å²) in [5, 5.41) is 0. The van der Waals surface area contributed by atoms with Crippen LogP contribution in [0.2, 0.25) is 0 Å². The van der Waals surface area contributed by atoms with Gasteiger partial charge >= 0.3 is 0 Å². The first-order valence-corrected chi connectivity index (χ1v) is 16.2. The van der Waals surface area contributed by atoms with E-state index >= 15 is 0 Å². The van der Waals surface area contributed by atoms with Crippen LogP contribution in [0.5, 0.6) is 0 Å². The van der Waals surface area contributed by atoms with Gasteiger partial charge in [0.1, 0.15) is 0 Å². The van der Waals surface area contributed by atoms with Crippen LogP contribution in [0, 0.1) is 53.3 Å². The van der Waals surface area contributed by atoms with E-state index < -0.39 is 6.17 Å². The van der Waals surface area contributed by atoms with Crippen molar-refractivity contribution in [1.29, 1.82) is 0 Å². The second-order valence-corrected chi connectivity index (χ2v) is 14.4. The molecular weight excluding hydrogens is 451 g/mol. The summed E-state index contributed by atoms with van der Waals surface area (Å²) in [7, 11) is 0. The fraction of sp³-hybridized carbons (Fsp3) is 1.00. The zero-order chi connectivity index (χ0) is 31.3. The highest BCUT2D eigenvalue weighted by molar-refractivity contribution is 4.75. The van der Waals surface area contributed by atoms with Gasteiger partial charge in [0.2, 0.25) is 0 Å². The summed E-state index contributed by atoms with van der Waals surface area (Å²) in [6.07, 6.45) is 6.36. The summed E-state index contributed by atoms with van der Waals surface area (Å²) < 4.78 is 11.8. The first-order chi connectivity index (χ1) is 16.6. The van der Waals surface area contributed by atoms with Crippen molar-refractivity contribution in [2.24, 2.45) is 53.3 Å². The van der Waals surface area contributed by atoms with E-state index in [0.29, 0.717) is 0 Å². The summed E-state index contributed by atoms with van der Waals surface area (Å²) in [6, 6.07) is 0. The molecule has 0 N–H and O–H groups in total. The first kappa shape index (κ1) is 49.8. The van der Waals surface area contributed by atoms with Crippen molar-refractivity contribution in [2.45, 2.75) is 184 Å². The number of hydrogen-bond acceptors (Lipinski definition) is 0. The first-order valence-electron chi connectivity index (χ1n) is 16.2. The SMILES string of the molecule is CC(C)C.CC(C)C.CC(C)C(C)C.CC(C)C(C)F.CC(C)C1CC1.CCC(C)C.CCCC(C)C. The van der Waals surface area contributed by atoms with Crippen molar-refractivity contribution in [3.63, 3.8) is 0 Å². The van der Waals surface area contributed by atoms with Crippen LogP contribution in [0.3, 0.4) is 0 Å². The third-order valence-electron chi connectivity index (χ3n) is 5.50. The Balaban J connectivity index is -0.0000000763. The number of rotatable bonds is 6. The highest BCUT2D eigenvalue weighted by Crippen LogP contribution is 2.35. The van der Waals surface area contributed by atoms with Gasteiger partial charge in [-0.15, -0.1) is 0 Å². The molecule has 0 amide bonds. The Morgan fingerprint density at radius 2 is 0.757 bits per heavy atom. The molecule has 0 nitrogen and oxygen atoms in total. The van der Waals surface area contributed by atoms with Crippen molar-refractivity contribution in [3.05, 3.63) is 0 Å². The van der Waals surface area contributed by atoms with Crippen molar-refractivity contribution in [3.8, 4) is 0 Å². The Labute approximate surface area is 241 Å². The van der Waals surface area contributed by atoms with Crippen LogP contribution in [0.25, 0.3) is 0 Å². The molecule has 1 unspecified atom stereocenters. The van der Waals surface area contributed by atoms with Crippen LogP contribution < -0.4 is 0 Å². The van der Waals surface area contributed by atoms with Crippen LogP contribution in [0.1, 0.15) is 178 Å². The molecule has 0 spiro atoms. The van der Waals surface area contributed by atoms with Gasteiger partial charge in [-0.1, -0.05) is 158 Å². The normalized spacial score (nSPS) is 12.8. The van der Waals surface area contributed by atoms with Gasteiger partial charge in [-0.05, 0) is 73.0 Å². The van der Waals surface area contributed by atoms with Crippen LogP contribution in [0.4, 0.5) is 4.39 Å². The molecule has 234 valence electrons. The third-order valence-corrected chi connectivity index (χ3v) is 5.50. The molecule has 0 aromatic rings. The number of hydrogen-bond donors (Lipinski definition) is 0. The molecule has 1 aliphatic rings. The molecule has 1 aliphatic carbocycles. The molecule has 1 rings (SSSR count). The fourth-order valence-electron chi connectivity index (χ4n) is 1.34. The molecule has 0 aliphatic heterocycles. The fourth-order valence-corrected chi connectivity index (χ4v) is 1.34. The van der Waals surface area contributed by atoms with E-state index in [-0.39, 0.29) is 5.92 Å². The van der Waals surface area contributed by atoms with E-state index in [4.69, 9.17) is 0 Å².